The summed E-state index contributed by atoms with van der Waals surface area (Å²) in [6, 6.07) is 3.55. The van der Waals surface area contributed by atoms with Crippen molar-refractivity contribution in [3.8, 4) is 0 Å². The van der Waals surface area contributed by atoms with Gasteiger partial charge in [0.2, 0.25) is 0 Å². The summed E-state index contributed by atoms with van der Waals surface area (Å²) in [6.45, 7) is 3.06. The van der Waals surface area contributed by atoms with Crippen LogP contribution in [0.4, 0.5) is 0 Å². The average Bonchev–Trinajstić information content (AvgIpc) is 3.18. The van der Waals surface area contributed by atoms with Crippen molar-refractivity contribution in [1.82, 2.24) is 19.1 Å². The van der Waals surface area contributed by atoms with E-state index in [1.54, 1.807) is 28.1 Å². The first-order valence-corrected chi connectivity index (χ1v) is 8.87. The third kappa shape index (κ3) is 2.27. The lowest BCUT2D eigenvalue weighted by Crippen LogP contribution is -2.28. The number of thiophene rings is 1. The predicted molar refractivity (Wildman–Crippen MR) is 76.1 cm³/mol. The van der Waals surface area contributed by atoms with Crippen LogP contribution >= 0.6 is 11.3 Å². The van der Waals surface area contributed by atoms with Crippen LogP contribution in [0.2, 0.25) is 0 Å². The summed E-state index contributed by atoms with van der Waals surface area (Å²) < 4.78 is 28.9. The summed E-state index contributed by atoms with van der Waals surface area (Å²) in [5, 5.41) is 9.77. The Balaban J connectivity index is 1.81. The molecule has 1 saturated heterocycles. The minimum Gasteiger partial charge on any atom is -0.313 e. The van der Waals surface area contributed by atoms with Crippen LogP contribution in [0.5, 0.6) is 0 Å². The summed E-state index contributed by atoms with van der Waals surface area (Å²) in [7, 11) is -3.34. The molecule has 108 valence electrons. The molecular weight excluding hydrogens is 296 g/mol. The van der Waals surface area contributed by atoms with Crippen molar-refractivity contribution in [3.63, 3.8) is 0 Å². The molecule has 0 saturated carbocycles. The Kier molecular flexibility index (Phi) is 3.61. The fourth-order valence-corrected chi connectivity index (χ4v) is 5.16. The van der Waals surface area contributed by atoms with Crippen LogP contribution in [-0.2, 0) is 16.4 Å². The first-order chi connectivity index (χ1) is 9.63. The van der Waals surface area contributed by atoms with Crippen LogP contribution in [0.15, 0.2) is 28.0 Å². The number of hydrogen-bond acceptors (Lipinski definition) is 5. The van der Waals surface area contributed by atoms with E-state index >= 15 is 0 Å². The predicted octanol–water partition coefficient (Wildman–Crippen LogP) is 1.54. The monoisotopic (exact) mass is 312 g/mol. The van der Waals surface area contributed by atoms with Gasteiger partial charge in [0.05, 0.1) is 6.04 Å². The van der Waals surface area contributed by atoms with Crippen molar-refractivity contribution in [2.24, 2.45) is 0 Å². The van der Waals surface area contributed by atoms with Gasteiger partial charge in [0.25, 0.3) is 10.0 Å². The van der Waals surface area contributed by atoms with E-state index in [2.05, 4.69) is 10.2 Å². The Hall–Kier alpha value is -1.25. The van der Waals surface area contributed by atoms with E-state index in [0.717, 1.165) is 18.7 Å². The fraction of sp³-hybridized carbons (Fsp3) is 0.500. The van der Waals surface area contributed by atoms with Crippen LogP contribution in [0.25, 0.3) is 0 Å². The van der Waals surface area contributed by atoms with Crippen molar-refractivity contribution < 1.29 is 8.42 Å². The van der Waals surface area contributed by atoms with E-state index in [9.17, 15) is 8.42 Å². The Morgan fingerprint density at radius 1 is 1.50 bits per heavy atom. The van der Waals surface area contributed by atoms with Crippen LogP contribution in [0.1, 0.15) is 25.2 Å². The Labute approximate surface area is 122 Å². The lowest BCUT2D eigenvalue weighted by molar-refractivity contribution is 0.448. The molecule has 1 aliphatic heterocycles. The minimum absolute atomic E-state index is 0.134. The zero-order valence-electron chi connectivity index (χ0n) is 11.1. The highest BCUT2D eigenvalue weighted by molar-refractivity contribution is 7.91. The van der Waals surface area contributed by atoms with Gasteiger partial charge in [0.15, 0.2) is 0 Å². The number of hydrogen-bond donors (Lipinski definition) is 0. The molecular formula is C12H16N4O2S2. The van der Waals surface area contributed by atoms with Crippen molar-refractivity contribution in [3.05, 3.63) is 29.7 Å². The normalized spacial score (nSPS) is 20.6. The maximum atomic E-state index is 12.5. The zero-order chi connectivity index (χ0) is 14.2. The molecule has 2 aromatic heterocycles. The van der Waals surface area contributed by atoms with Gasteiger partial charge in [-0.2, -0.15) is 4.31 Å². The molecule has 2 aromatic rings. The number of sulfonamides is 1. The second-order valence-corrected chi connectivity index (χ2v) is 7.86. The first kappa shape index (κ1) is 13.7. The van der Waals surface area contributed by atoms with Crippen molar-refractivity contribution in [2.75, 3.05) is 13.1 Å². The summed E-state index contributed by atoms with van der Waals surface area (Å²) in [5.74, 6) is 0.908. The smallest absolute Gasteiger partial charge is 0.252 e. The number of aryl methyl sites for hydroxylation is 1. The van der Waals surface area contributed by atoms with Crippen molar-refractivity contribution in [1.29, 1.82) is 0 Å². The van der Waals surface area contributed by atoms with E-state index < -0.39 is 10.0 Å². The van der Waals surface area contributed by atoms with Gasteiger partial charge >= 0.3 is 0 Å². The first-order valence-electron chi connectivity index (χ1n) is 6.55. The van der Waals surface area contributed by atoms with Gasteiger partial charge in [0, 0.05) is 19.5 Å². The van der Waals surface area contributed by atoms with Gasteiger partial charge < -0.3 is 4.57 Å². The Bertz CT molecular complexity index is 678. The Morgan fingerprint density at radius 3 is 3.05 bits per heavy atom. The van der Waals surface area contributed by atoms with Gasteiger partial charge in [-0.3, -0.25) is 0 Å². The van der Waals surface area contributed by atoms with Crippen LogP contribution < -0.4 is 0 Å². The SMILES string of the molecule is CCc1nncn1C1CCN(S(=O)(=O)c2cccs2)C1. The minimum atomic E-state index is -3.34. The molecule has 1 fully saturated rings. The highest BCUT2D eigenvalue weighted by atomic mass is 32.2. The second kappa shape index (κ2) is 5.27. The lowest BCUT2D eigenvalue weighted by Gasteiger charge is -2.16. The van der Waals surface area contributed by atoms with Gasteiger partial charge in [0.1, 0.15) is 16.4 Å². The van der Waals surface area contributed by atoms with Crippen LogP contribution in [-0.4, -0.2) is 40.6 Å². The molecule has 20 heavy (non-hydrogen) atoms. The van der Waals surface area contributed by atoms with Gasteiger partial charge in [-0.1, -0.05) is 13.0 Å². The third-order valence-electron chi connectivity index (χ3n) is 3.57. The molecule has 3 heterocycles. The zero-order valence-corrected chi connectivity index (χ0v) is 12.8. The number of aromatic nitrogens is 3. The molecule has 0 aliphatic carbocycles. The molecule has 3 rings (SSSR count). The molecule has 6 nitrogen and oxygen atoms in total. The number of rotatable bonds is 4. The largest absolute Gasteiger partial charge is 0.313 e. The summed E-state index contributed by atoms with van der Waals surface area (Å²) in [4.78, 5) is 0. The molecule has 0 spiro atoms. The molecule has 1 atom stereocenters. The topological polar surface area (TPSA) is 68.1 Å². The fourth-order valence-electron chi connectivity index (χ4n) is 2.52. The van der Waals surface area contributed by atoms with E-state index in [0.29, 0.717) is 17.3 Å². The quantitative estimate of drug-likeness (QED) is 0.859. The van der Waals surface area contributed by atoms with Gasteiger partial charge in [-0.15, -0.1) is 21.5 Å². The molecule has 0 N–H and O–H groups in total. The summed E-state index contributed by atoms with van der Waals surface area (Å²) in [5.41, 5.74) is 0. The highest BCUT2D eigenvalue weighted by Gasteiger charge is 2.34. The third-order valence-corrected chi connectivity index (χ3v) is 6.81. The Morgan fingerprint density at radius 2 is 2.35 bits per heavy atom. The maximum absolute atomic E-state index is 12.5. The van der Waals surface area contributed by atoms with E-state index in [1.807, 2.05) is 11.5 Å². The highest BCUT2D eigenvalue weighted by Crippen LogP contribution is 2.29. The van der Waals surface area contributed by atoms with E-state index in [4.69, 9.17) is 0 Å². The molecule has 8 heteroatoms. The van der Waals surface area contributed by atoms with E-state index in [-0.39, 0.29) is 6.04 Å². The lowest BCUT2D eigenvalue weighted by atomic mass is 10.2. The second-order valence-electron chi connectivity index (χ2n) is 4.75. The molecule has 0 aromatic carbocycles. The molecule has 0 radical (unpaired) electrons. The van der Waals surface area contributed by atoms with Gasteiger partial charge in [-0.05, 0) is 17.9 Å². The van der Waals surface area contributed by atoms with Crippen molar-refractivity contribution >= 4 is 21.4 Å². The van der Waals surface area contributed by atoms with Gasteiger partial charge in [-0.25, -0.2) is 8.42 Å². The molecule has 1 aliphatic rings. The average molecular weight is 312 g/mol. The summed E-state index contributed by atoms with van der Waals surface area (Å²) in [6.07, 6.45) is 3.30. The molecule has 0 amide bonds. The standard InChI is InChI=1S/C12H16N4O2S2/c1-2-11-14-13-9-16(11)10-5-6-15(8-10)20(17,18)12-4-3-7-19-12/h3-4,7,9-10H,2,5-6,8H2,1H3. The van der Waals surface area contributed by atoms with Crippen LogP contribution in [0.3, 0.4) is 0 Å². The number of nitrogens with zero attached hydrogens (tertiary/aromatic N) is 4. The van der Waals surface area contributed by atoms with Crippen molar-refractivity contribution in [2.45, 2.75) is 30.0 Å². The van der Waals surface area contributed by atoms with E-state index in [1.165, 1.54) is 11.3 Å². The molecule has 1 unspecified atom stereocenters. The molecule has 0 bridgehead atoms. The summed E-state index contributed by atoms with van der Waals surface area (Å²) >= 11 is 1.26. The maximum Gasteiger partial charge on any atom is 0.252 e. The van der Waals surface area contributed by atoms with Crippen LogP contribution in [0, 0.1) is 0 Å².